The summed E-state index contributed by atoms with van der Waals surface area (Å²) in [6.07, 6.45) is 3.30. The van der Waals surface area contributed by atoms with Crippen molar-refractivity contribution >= 4 is 29.0 Å². The number of nitrogens with zero attached hydrogens (tertiary/aromatic N) is 1. The second kappa shape index (κ2) is 7.16. The summed E-state index contributed by atoms with van der Waals surface area (Å²) in [5.41, 5.74) is 0.970. The van der Waals surface area contributed by atoms with Crippen LogP contribution in [-0.2, 0) is 10.5 Å². The maximum absolute atomic E-state index is 11.4. The Kier molecular flexibility index (Phi) is 5.23. The lowest BCUT2D eigenvalue weighted by Gasteiger charge is -2.00. The SMILES string of the molecule is C=CCNC(=O)CSCc1csc(-c2ccco2)n1. The Balaban J connectivity index is 1.78. The van der Waals surface area contributed by atoms with E-state index in [9.17, 15) is 4.79 Å². The van der Waals surface area contributed by atoms with Gasteiger partial charge in [-0.3, -0.25) is 4.79 Å². The van der Waals surface area contributed by atoms with Crippen molar-refractivity contribution in [3.05, 3.63) is 42.1 Å². The average molecular weight is 294 g/mol. The van der Waals surface area contributed by atoms with Crippen molar-refractivity contribution in [1.29, 1.82) is 0 Å². The van der Waals surface area contributed by atoms with Crippen molar-refractivity contribution in [2.45, 2.75) is 5.75 Å². The summed E-state index contributed by atoms with van der Waals surface area (Å²) in [6, 6.07) is 3.73. The highest BCUT2D eigenvalue weighted by molar-refractivity contribution is 7.99. The second-order valence-corrected chi connectivity index (χ2v) is 5.55. The van der Waals surface area contributed by atoms with E-state index in [1.54, 1.807) is 35.4 Å². The number of aromatic nitrogens is 1. The van der Waals surface area contributed by atoms with Gasteiger partial charge in [0, 0.05) is 17.7 Å². The molecule has 0 aliphatic carbocycles. The van der Waals surface area contributed by atoms with Crippen LogP contribution in [-0.4, -0.2) is 23.2 Å². The monoisotopic (exact) mass is 294 g/mol. The van der Waals surface area contributed by atoms with Gasteiger partial charge < -0.3 is 9.73 Å². The van der Waals surface area contributed by atoms with Gasteiger partial charge in [-0.15, -0.1) is 29.7 Å². The first-order valence-corrected chi connectivity index (χ1v) is 7.76. The summed E-state index contributed by atoms with van der Waals surface area (Å²) in [6.45, 7) is 4.06. The van der Waals surface area contributed by atoms with Crippen molar-refractivity contribution < 1.29 is 9.21 Å². The van der Waals surface area contributed by atoms with Crippen LogP contribution in [0.3, 0.4) is 0 Å². The molecule has 2 heterocycles. The van der Waals surface area contributed by atoms with Crippen LogP contribution in [0.25, 0.3) is 10.8 Å². The molecule has 0 saturated carbocycles. The highest BCUT2D eigenvalue weighted by Gasteiger charge is 2.07. The summed E-state index contributed by atoms with van der Waals surface area (Å²) >= 11 is 3.09. The normalized spacial score (nSPS) is 10.3. The van der Waals surface area contributed by atoms with Gasteiger partial charge in [0.15, 0.2) is 10.8 Å². The van der Waals surface area contributed by atoms with Crippen LogP contribution in [0.2, 0.25) is 0 Å². The molecule has 2 rings (SSSR count). The van der Waals surface area contributed by atoms with Crippen LogP contribution >= 0.6 is 23.1 Å². The van der Waals surface area contributed by atoms with E-state index in [-0.39, 0.29) is 5.91 Å². The minimum atomic E-state index is 0.0198. The Morgan fingerprint density at radius 3 is 3.26 bits per heavy atom. The lowest BCUT2D eigenvalue weighted by molar-refractivity contribution is -0.118. The van der Waals surface area contributed by atoms with Crippen molar-refractivity contribution in [2.75, 3.05) is 12.3 Å². The first-order chi connectivity index (χ1) is 9.29. The minimum absolute atomic E-state index is 0.0198. The second-order valence-electron chi connectivity index (χ2n) is 3.71. The van der Waals surface area contributed by atoms with Gasteiger partial charge in [-0.05, 0) is 12.1 Å². The Morgan fingerprint density at radius 2 is 2.53 bits per heavy atom. The Labute approximate surface area is 119 Å². The Morgan fingerprint density at radius 1 is 1.63 bits per heavy atom. The topological polar surface area (TPSA) is 55.1 Å². The fourth-order valence-corrected chi connectivity index (χ4v) is 3.01. The molecule has 1 amide bonds. The number of hydrogen-bond donors (Lipinski definition) is 1. The van der Waals surface area contributed by atoms with Gasteiger partial charge in [0.2, 0.25) is 5.91 Å². The third-order valence-electron chi connectivity index (χ3n) is 2.21. The van der Waals surface area contributed by atoms with E-state index in [0.29, 0.717) is 12.3 Å². The molecule has 0 unspecified atom stereocenters. The van der Waals surface area contributed by atoms with Gasteiger partial charge in [0.05, 0.1) is 17.7 Å². The molecular formula is C13H14N2O2S2. The fraction of sp³-hybridized carbons (Fsp3) is 0.231. The first-order valence-electron chi connectivity index (χ1n) is 5.73. The highest BCUT2D eigenvalue weighted by atomic mass is 32.2. The minimum Gasteiger partial charge on any atom is -0.462 e. The fourth-order valence-electron chi connectivity index (χ4n) is 1.37. The van der Waals surface area contributed by atoms with Gasteiger partial charge >= 0.3 is 0 Å². The van der Waals surface area contributed by atoms with E-state index < -0.39 is 0 Å². The van der Waals surface area contributed by atoms with Crippen LogP contribution in [0, 0.1) is 0 Å². The molecule has 0 aliphatic heterocycles. The number of carbonyl (C=O) groups excluding carboxylic acids is 1. The molecular weight excluding hydrogens is 280 g/mol. The zero-order valence-corrected chi connectivity index (χ0v) is 11.9. The molecule has 100 valence electrons. The molecule has 0 saturated heterocycles. The number of amides is 1. The number of hydrogen-bond acceptors (Lipinski definition) is 5. The van der Waals surface area contributed by atoms with Crippen LogP contribution in [0.4, 0.5) is 0 Å². The van der Waals surface area contributed by atoms with E-state index in [2.05, 4.69) is 16.9 Å². The molecule has 0 bridgehead atoms. The zero-order chi connectivity index (χ0) is 13.5. The predicted octanol–water partition coefficient (Wildman–Crippen LogP) is 2.94. The molecule has 0 fully saturated rings. The number of nitrogens with one attached hydrogen (secondary N) is 1. The third-order valence-corrected chi connectivity index (χ3v) is 4.08. The Bertz CT molecular complexity index is 535. The van der Waals surface area contributed by atoms with Crippen LogP contribution < -0.4 is 5.32 Å². The van der Waals surface area contributed by atoms with E-state index in [4.69, 9.17) is 4.42 Å². The van der Waals surface area contributed by atoms with Gasteiger partial charge in [-0.25, -0.2) is 4.98 Å². The molecule has 19 heavy (non-hydrogen) atoms. The molecule has 0 atom stereocenters. The smallest absolute Gasteiger partial charge is 0.230 e. The van der Waals surface area contributed by atoms with Gasteiger partial charge in [0.25, 0.3) is 0 Å². The van der Waals surface area contributed by atoms with Crippen molar-refractivity contribution in [2.24, 2.45) is 0 Å². The number of thioether (sulfide) groups is 1. The van der Waals surface area contributed by atoms with E-state index in [0.717, 1.165) is 22.2 Å². The number of carbonyl (C=O) groups is 1. The lowest BCUT2D eigenvalue weighted by Crippen LogP contribution is -2.24. The lowest BCUT2D eigenvalue weighted by atomic mass is 10.5. The summed E-state index contributed by atoms with van der Waals surface area (Å²) in [7, 11) is 0. The van der Waals surface area contributed by atoms with Crippen LogP contribution in [0.1, 0.15) is 5.69 Å². The van der Waals surface area contributed by atoms with Crippen molar-refractivity contribution in [3.8, 4) is 10.8 Å². The predicted molar refractivity (Wildman–Crippen MR) is 79.2 cm³/mol. The molecule has 1 N–H and O–H groups in total. The largest absolute Gasteiger partial charge is 0.462 e. The number of thiazole rings is 1. The van der Waals surface area contributed by atoms with Crippen LogP contribution in [0.15, 0.2) is 40.8 Å². The number of rotatable bonds is 7. The van der Waals surface area contributed by atoms with E-state index in [1.165, 1.54) is 0 Å². The summed E-state index contributed by atoms with van der Waals surface area (Å²) in [5, 5.41) is 5.60. The molecule has 4 nitrogen and oxygen atoms in total. The van der Waals surface area contributed by atoms with Crippen LogP contribution in [0.5, 0.6) is 0 Å². The number of furan rings is 1. The third kappa shape index (κ3) is 4.25. The molecule has 0 aliphatic rings. The summed E-state index contributed by atoms with van der Waals surface area (Å²) in [4.78, 5) is 15.8. The van der Waals surface area contributed by atoms with Gasteiger partial charge in [-0.2, -0.15) is 0 Å². The Hall–Kier alpha value is -1.53. The molecule has 0 aromatic carbocycles. The maximum Gasteiger partial charge on any atom is 0.230 e. The summed E-state index contributed by atoms with van der Waals surface area (Å²) in [5.74, 6) is 1.96. The zero-order valence-electron chi connectivity index (χ0n) is 10.3. The molecule has 0 radical (unpaired) electrons. The molecule has 2 aromatic heterocycles. The average Bonchev–Trinajstić information content (AvgIpc) is 3.06. The molecule has 2 aromatic rings. The van der Waals surface area contributed by atoms with Crippen molar-refractivity contribution in [1.82, 2.24) is 10.3 Å². The maximum atomic E-state index is 11.4. The first kappa shape index (κ1) is 13.9. The van der Waals surface area contributed by atoms with E-state index in [1.807, 2.05) is 17.5 Å². The van der Waals surface area contributed by atoms with Crippen molar-refractivity contribution in [3.63, 3.8) is 0 Å². The molecule has 6 heteroatoms. The van der Waals surface area contributed by atoms with Gasteiger partial charge in [-0.1, -0.05) is 6.08 Å². The van der Waals surface area contributed by atoms with Gasteiger partial charge in [0.1, 0.15) is 0 Å². The van der Waals surface area contributed by atoms with E-state index >= 15 is 0 Å². The highest BCUT2D eigenvalue weighted by Crippen LogP contribution is 2.25. The summed E-state index contributed by atoms with van der Waals surface area (Å²) < 4.78 is 5.29. The molecule has 0 spiro atoms. The standard InChI is InChI=1S/C13H14N2O2S2/c1-2-5-14-12(16)9-18-7-10-8-19-13(15-10)11-4-3-6-17-11/h2-4,6,8H,1,5,7,9H2,(H,14,16). The quantitative estimate of drug-likeness (QED) is 0.798.